The Kier molecular flexibility index (Phi) is 8.27. The minimum Gasteiger partial charge on any atom is -0.357 e. The van der Waals surface area contributed by atoms with Gasteiger partial charge in [-0.15, -0.1) is 0 Å². The normalized spacial score (nSPS) is 22.3. The summed E-state index contributed by atoms with van der Waals surface area (Å²) in [5, 5.41) is 7.13. The molecule has 1 aliphatic rings. The van der Waals surface area contributed by atoms with E-state index in [0.29, 0.717) is 12.6 Å². The molecular weight excluding hydrogens is 361 g/mol. The molecule has 6 heteroatoms. The van der Waals surface area contributed by atoms with E-state index in [0.717, 1.165) is 49.5 Å². The highest BCUT2D eigenvalue weighted by atomic mass is 32.2. The van der Waals surface area contributed by atoms with Crippen molar-refractivity contribution in [2.24, 2.45) is 4.99 Å². The number of halogens is 1. The Bertz CT molecular complexity index is 663. The lowest BCUT2D eigenvalue weighted by molar-refractivity contribution is 0.412. The third-order valence-corrected chi connectivity index (χ3v) is 6.95. The lowest BCUT2D eigenvalue weighted by Gasteiger charge is -2.30. The van der Waals surface area contributed by atoms with E-state index in [2.05, 4.69) is 24.5 Å². The third kappa shape index (κ3) is 6.59. The SMILES string of the molecule is CCNC(=NCC(C)(C)c1cccc(F)c1)NC1CCCC(S(=O)CC)C1. The van der Waals surface area contributed by atoms with Gasteiger partial charge in [0.2, 0.25) is 0 Å². The van der Waals surface area contributed by atoms with Crippen LogP contribution in [0.4, 0.5) is 4.39 Å². The predicted molar refractivity (Wildman–Crippen MR) is 113 cm³/mol. The molecule has 2 N–H and O–H groups in total. The fraction of sp³-hybridized carbons (Fsp3) is 0.667. The molecule has 3 unspecified atom stereocenters. The van der Waals surface area contributed by atoms with Gasteiger partial charge >= 0.3 is 0 Å². The first-order valence-corrected chi connectivity index (χ1v) is 11.4. The molecule has 0 spiro atoms. The summed E-state index contributed by atoms with van der Waals surface area (Å²) in [5.41, 5.74) is 0.682. The van der Waals surface area contributed by atoms with E-state index in [4.69, 9.17) is 4.99 Å². The molecule has 0 amide bonds. The summed E-state index contributed by atoms with van der Waals surface area (Å²) in [6, 6.07) is 7.05. The number of nitrogens with one attached hydrogen (secondary N) is 2. The molecule has 0 bridgehead atoms. The Morgan fingerprint density at radius 1 is 1.33 bits per heavy atom. The van der Waals surface area contributed by atoms with Crippen molar-refractivity contribution in [3.63, 3.8) is 0 Å². The molecule has 27 heavy (non-hydrogen) atoms. The van der Waals surface area contributed by atoms with Gasteiger partial charge in [-0.3, -0.25) is 9.20 Å². The summed E-state index contributed by atoms with van der Waals surface area (Å²) < 4.78 is 25.7. The predicted octanol–water partition coefficient (Wildman–Crippen LogP) is 3.74. The Morgan fingerprint density at radius 3 is 2.78 bits per heavy atom. The molecule has 0 aromatic heterocycles. The molecule has 0 saturated heterocycles. The average Bonchev–Trinajstić information content (AvgIpc) is 2.66. The van der Waals surface area contributed by atoms with Crippen LogP contribution in [0.25, 0.3) is 0 Å². The van der Waals surface area contributed by atoms with E-state index in [9.17, 15) is 8.60 Å². The molecule has 0 radical (unpaired) electrons. The number of aliphatic imine (C=N–C) groups is 1. The lowest BCUT2D eigenvalue weighted by Crippen LogP contribution is -2.47. The highest BCUT2D eigenvalue weighted by Gasteiger charge is 2.26. The topological polar surface area (TPSA) is 53.5 Å². The molecule has 2 rings (SSSR count). The summed E-state index contributed by atoms with van der Waals surface area (Å²) in [4.78, 5) is 4.77. The first-order valence-electron chi connectivity index (χ1n) is 10.0. The zero-order valence-corrected chi connectivity index (χ0v) is 17.9. The lowest BCUT2D eigenvalue weighted by atomic mass is 9.85. The summed E-state index contributed by atoms with van der Waals surface area (Å²) in [6.07, 6.45) is 4.16. The summed E-state index contributed by atoms with van der Waals surface area (Å²) >= 11 is 0. The average molecular weight is 396 g/mol. The maximum atomic E-state index is 13.6. The molecule has 1 aromatic rings. The molecule has 3 atom stereocenters. The first kappa shape index (κ1) is 21.9. The minimum absolute atomic E-state index is 0.216. The Morgan fingerprint density at radius 2 is 2.11 bits per heavy atom. The second-order valence-corrected chi connectivity index (χ2v) is 9.89. The van der Waals surface area contributed by atoms with Crippen LogP contribution in [0.2, 0.25) is 0 Å². The van der Waals surface area contributed by atoms with Crippen molar-refractivity contribution in [2.45, 2.75) is 70.1 Å². The van der Waals surface area contributed by atoms with Crippen LogP contribution >= 0.6 is 0 Å². The van der Waals surface area contributed by atoms with Gasteiger partial charge in [0.15, 0.2) is 5.96 Å². The Hall–Kier alpha value is -1.43. The van der Waals surface area contributed by atoms with Gasteiger partial charge in [-0.2, -0.15) is 0 Å². The maximum absolute atomic E-state index is 13.6. The fourth-order valence-corrected chi connectivity index (χ4v) is 4.89. The number of rotatable bonds is 7. The summed E-state index contributed by atoms with van der Waals surface area (Å²) in [5.74, 6) is 1.30. The highest BCUT2D eigenvalue weighted by Crippen LogP contribution is 2.25. The van der Waals surface area contributed by atoms with Gasteiger partial charge in [0.1, 0.15) is 5.82 Å². The van der Waals surface area contributed by atoms with Crippen molar-refractivity contribution in [2.75, 3.05) is 18.8 Å². The van der Waals surface area contributed by atoms with Crippen molar-refractivity contribution in [1.29, 1.82) is 0 Å². The van der Waals surface area contributed by atoms with Crippen LogP contribution in [-0.2, 0) is 16.2 Å². The monoisotopic (exact) mass is 395 g/mol. The van der Waals surface area contributed by atoms with Crippen LogP contribution in [0.15, 0.2) is 29.3 Å². The van der Waals surface area contributed by atoms with Gasteiger partial charge < -0.3 is 10.6 Å². The van der Waals surface area contributed by atoms with Gasteiger partial charge in [0, 0.05) is 39.8 Å². The van der Waals surface area contributed by atoms with Crippen LogP contribution in [0, 0.1) is 5.82 Å². The Balaban J connectivity index is 2.04. The number of nitrogens with zero attached hydrogens (tertiary/aromatic N) is 1. The van der Waals surface area contributed by atoms with Crippen LogP contribution in [0.1, 0.15) is 58.9 Å². The van der Waals surface area contributed by atoms with E-state index < -0.39 is 10.8 Å². The van der Waals surface area contributed by atoms with E-state index >= 15 is 0 Å². The summed E-state index contributed by atoms with van der Waals surface area (Å²) in [7, 11) is -0.734. The second kappa shape index (κ2) is 10.2. The van der Waals surface area contributed by atoms with Gasteiger partial charge in [-0.1, -0.05) is 39.3 Å². The van der Waals surface area contributed by atoms with Gasteiger partial charge in [0.05, 0.1) is 6.54 Å². The van der Waals surface area contributed by atoms with E-state index in [1.54, 1.807) is 12.1 Å². The molecule has 1 aromatic carbocycles. The van der Waals surface area contributed by atoms with Crippen molar-refractivity contribution in [1.82, 2.24) is 10.6 Å². The zero-order chi connectivity index (χ0) is 19.9. The smallest absolute Gasteiger partial charge is 0.191 e. The first-order chi connectivity index (χ1) is 12.9. The highest BCUT2D eigenvalue weighted by molar-refractivity contribution is 7.85. The molecule has 1 saturated carbocycles. The molecule has 1 fully saturated rings. The molecular formula is C21H34FN3OS. The van der Waals surface area contributed by atoms with Crippen LogP contribution < -0.4 is 10.6 Å². The number of hydrogen-bond acceptors (Lipinski definition) is 2. The van der Waals surface area contributed by atoms with Gasteiger partial charge in [0.25, 0.3) is 0 Å². The van der Waals surface area contributed by atoms with Crippen LogP contribution in [0.3, 0.4) is 0 Å². The third-order valence-electron chi connectivity index (χ3n) is 5.21. The standard InChI is InChI=1S/C21H34FN3OS/c1-5-23-20(25-18-11-8-12-19(14-18)27(26)6-2)24-15-21(3,4)16-9-7-10-17(22)13-16/h7,9-10,13,18-19H,5-6,8,11-12,14-15H2,1-4H3,(H2,23,24,25). The second-order valence-electron chi connectivity index (χ2n) is 7.89. The largest absolute Gasteiger partial charge is 0.357 e. The molecule has 152 valence electrons. The van der Waals surface area contributed by atoms with E-state index in [1.807, 2.05) is 19.9 Å². The van der Waals surface area contributed by atoms with Crippen molar-refractivity contribution < 1.29 is 8.60 Å². The number of guanidine groups is 1. The van der Waals surface area contributed by atoms with E-state index in [-0.39, 0.29) is 16.5 Å². The van der Waals surface area contributed by atoms with Crippen LogP contribution in [0.5, 0.6) is 0 Å². The van der Waals surface area contributed by atoms with Crippen molar-refractivity contribution >= 4 is 16.8 Å². The minimum atomic E-state index is -0.734. The molecule has 4 nitrogen and oxygen atoms in total. The summed E-state index contributed by atoms with van der Waals surface area (Å²) in [6.45, 7) is 9.54. The van der Waals surface area contributed by atoms with Crippen LogP contribution in [-0.4, -0.2) is 40.3 Å². The van der Waals surface area contributed by atoms with Crippen molar-refractivity contribution in [3.05, 3.63) is 35.6 Å². The molecule has 0 aliphatic heterocycles. The quantitative estimate of drug-likeness (QED) is 0.546. The zero-order valence-electron chi connectivity index (χ0n) is 17.1. The van der Waals surface area contributed by atoms with E-state index in [1.165, 1.54) is 6.07 Å². The van der Waals surface area contributed by atoms with Crippen molar-refractivity contribution in [3.8, 4) is 0 Å². The van der Waals surface area contributed by atoms with Gasteiger partial charge in [-0.05, 0) is 43.9 Å². The fourth-order valence-electron chi connectivity index (χ4n) is 3.54. The number of benzene rings is 1. The Labute approximate surface area is 165 Å². The number of hydrogen-bond donors (Lipinski definition) is 2. The molecule has 0 heterocycles. The van der Waals surface area contributed by atoms with Gasteiger partial charge in [-0.25, -0.2) is 4.39 Å². The maximum Gasteiger partial charge on any atom is 0.191 e. The molecule has 1 aliphatic carbocycles.